The van der Waals surface area contributed by atoms with E-state index < -0.39 is 0 Å². The molecular weight excluding hydrogens is 378 g/mol. The molecule has 1 fully saturated rings. The maximum atomic E-state index is 13.0. The van der Waals surface area contributed by atoms with E-state index in [1.165, 1.54) is 0 Å². The van der Waals surface area contributed by atoms with E-state index in [1.807, 2.05) is 57.0 Å². The van der Waals surface area contributed by atoms with E-state index in [9.17, 15) is 4.79 Å². The molecule has 1 saturated heterocycles. The summed E-state index contributed by atoms with van der Waals surface area (Å²) in [6, 6.07) is 7.72. The molecule has 1 aliphatic rings. The predicted molar refractivity (Wildman–Crippen MR) is 112 cm³/mol. The van der Waals surface area contributed by atoms with Crippen molar-refractivity contribution in [3.63, 3.8) is 0 Å². The Hall–Kier alpha value is -2.12. The Labute approximate surface area is 172 Å². The summed E-state index contributed by atoms with van der Waals surface area (Å²) in [4.78, 5) is 14.9. The lowest BCUT2D eigenvalue weighted by Gasteiger charge is -2.16. The fourth-order valence-corrected chi connectivity index (χ4v) is 3.55. The van der Waals surface area contributed by atoms with Gasteiger partial charge in [0, 0.05) is 13.1 Å². The predicted octanol–water partition coefficient (Wildman–Crippen LogP) is 2.72. The SMILES string of the molecule is CCc1c(C(=O)N2CCC(CNC)C2)nnn1-c1ccc(OC(C)C)cc1.Cl. The van der Waals surface area contributed by atoms with Crippen LogP contribution in [-0.4, -0.2) is 58.6 Å². The van der Waals surface area contributed by atoms with Gasteiger partial charge in [-0.05, 0) is 70.5 Å². The van der Waals surface area contributed by atoms with E-state index in [2.05, 4.69) is 15.6 Å². The number of hydrogen-bond acceptors (Lipinski definition) is 5. The van der Waals surface area contributed by atoms with Gasteiger partial charge in [-0.15, -0.1) is 17.5 Å². The number of carbonyl (C=O) groups excluding carboxylic acids is 1. The zero-order chi connectivity index (χ0) is 19.4. The summed E-state index contributed by atoms with van der Waals surface area (Å²) in [6.45, 7) is 8.51. The summed E-state index contributed by atoms with van der Waals surface area (Å²) in [6.07, 6.45) is 1.84. The van der Waals surface area contributed by atoms with Gasteiger partial charge in [0.2, 0.25) is 0 Å². The van der Waals surface area contributed by atoms with Crippen LogP contribution in [0.2, 0.25) is 0 Å². The van der Waals surface area contributed by atoms with E-state index in [0.717, 1.165) is 43.2 Å². The summed E-state index contributed by atoms with van der Waals surface area (Å²) >= 11 is 0. The van der Waals surface area contributed by atoms with Crippen LogP contribution in [0.3, 0.4) is 0 Å². The van der Waals surface area contributed by atoms with Gasteiger partial charge in [0.05, 0.1) is 17.5 Å². The number of amides is 1. The monoisotopic (exact) mass is 407 g/mol. The first-order valence-electron chi connectivity index (χ1n) is 9.69. The molecule has 2 aromatic rings. The number of nitrogens with one attached hydrogen (secondary N) is 1. The highest BCUT2D eigenvalue weighted by Gasteiger charge is 2.30. The van der Waals surface area contributed by atoms with Gasteiger partial charge in [0.1, 0.15) is 5.75 Å². The van der Waals surface area contributed by atoms with Crippen LogP contribution in [-0.2, 0) is 6.42 Å². The van der Waals surface area contributed by atoms with E-state index in [-0.39, 0.29) is 24.4 Å². The molecule has 1 aromatic heterocycles. The van der Waals surface area contributed by atoms with E-state index in [0.29, 0.717) is 18.0 Å². The van der Waals surface area contributed by atoms with E-state index >= 15 is 0 Å². The Morgan fingerprint density at radius 1 is 1.32 bits per heavy atom. The molecule has 154 valence electrons. The number of likely N-dealkylation sites (tertiary alicyclic amines) is 1. The van der Waals surface area contributed by atoms with Crippen molar-refractivity contribution in [1.29, 1.82) is 0 Å². The molecule has 28 heavy (non-hydrogen) atoms. The molecule has 7 nitrogen and oxygen atoms in total. The second-order valence-corrected chi connectivity index (χ2v) is 7.27. The Kier molecular flexibility index (Phi) is 7.83. The normalized spacial score (nSPS) is 16.3. The molecule has 1 aliphatic heterocycles. The molecule has 8 heteroatoms. The van der Waals surface area contributed by atoms with Gasteiger partial charge >= 0.3 is 0 Å². The number of nitrogens with zero attached hydrogens (tertiary/aromatic N) is 4. The Morgan fingerprint density at radius 3 is 2.64 bits per heavy atom. The van der Waals surface area contributed by atoms with Crippen molar-refractivity contribution < 1.29 is 9.53 Å². The van der Waals surface area contributed by atoms with Gasteiger partial charge in [-0.1, -0.05) is 12.1 Å². The highest BCUT2D eigenvalue weighted by molar-refractivity contribution is 5.93. The van der Waals surface area contributed by atoms with Crippen LogP contribution in [0, 0.1) is 5.92 Å². The fourth-order valence-electron chi connectivity index (χ4n) is 3.55. The average Bonchev–Trinajstić information content (AvgIpc) is 3.28. The van der Waals surface area contributed by atoms with Crippen molar-refractivity contribution in [2.75, 3.05) is 26.7 Å². The smallest absolute Gasteiger partial charge is 0.276 e. The molecule has 0 spiro atoms. The van der Waals surface area contributed by atoms with Crippen LogP contribution in [0.5, 0.6) is 5.75 Å². The van der Waals surface area contributed by atoms with E-state index in [1.54, 1.807) is 4.68 Å². The van der Waals surface area contributed by atoms with Gasteiger partial charge in [-0.3, -0.25) is 4.79 Å². The molecule has 2 heterocycles. The first kappa shape index (κ1) is 22.2. The number of carbonyl (C=O) groups is 1. The molecule has 1 N–H and O–H groups in total. The van der Waals surface area contributed by atoms with Gasteiger partial charge in [0.25, 0.3) is 5.91 Å². The standard InChI is InChI=1S/C20H29N5O2.ClH/c1-5-18-19(20(26)24-11-10-15(13-24)12-21-4)22-23-25(18)16-6-8-17(9-7-16)27-14(2)3;/h6-9,14-15,21H,5,10-13H2,1-4H3;1H. The van der Waals surface area contributed by atoms with Crippen molar-refractivity contribution in [2.45, 2.75) is 39.7 Å². The minimum Gasteiger partial charge on any atom is -0.491 e. The first-order chi connectivity index (χ1) is 13.0. The Balaban J connectivity index is 0.00000280. The lowest BCUT2D eigenvalue weighted by Crippen LogP contribution is -2.31. The van der Waals surface area contributed by atoms with Crippen LogP contribution < -0.4 is 10.1 Å². The largest absolute Gasteiger partial charge is 0.491 e. The average molecular weight is 408 g/mol. The van der Waals surface area contributed by atoms with Crippen LogP contribution >= 0.6 is 12.4 Å². The van der Waals surface area contributed by atoms with Gasteiger partial charge in [-0.2, -0.15) is 0 Å². The maximum Gasteiger partial charge on any atom is 0.276 e. The summed E-state index contributed by atoms with van der Waals surface area (Å²) in [7, 11) is 1.95. The molecule has 0 saturated carbocycles. The molecule has 1 unspecified atom stereocenters. The molecule has 1 aromatic carbocycles. The third kappa shape index (κ3) is 4.83. The quantitative estimate of drug-likeness (QED) is 0.764. The topological polar surface area (TPSA) is 72.3 Å². The molecule has 0 bridgehead atoms. The van der Waals surface area contributed by atoms with Gasteiger partial charge < -0.3 is 15.0 Å². The number of ether oxygens (including phenoxy) is 1. The highest BCUT2D eigenvalue weighted by atomic mass is 35.5. The third-order valence-corrected chi connectivity index (χ3v) is 4.82. The summed E-state index contributed by atoms with van der Waals surface area (Å²) in [5.41, 5.74) is 2.18. The van der Waals surface area contributed by atoms with Crippen molar-refractivity contribution in [2.24, 2.45) is 5.92 Å². The van der Waals surface area contributed by atoms with Crippen molar-refractivity contribution in [1.82, 2.24) is 25.2 Å². The summed E-state index contributed by atoms with van der Waals surface area (Å²) in [5, 5.41) is 11.7. The van der Waals surface area contributed by atoms with Crippen LogP contribution in [0.25, 0.3) is 5.69 Å². The number of hydrogen-bond donors (Lipinski definition) is 1. The van der Waals surface area contributed by atoms with Crippen molar-refractivity contribution in [3.8, 4) is 11.4 Å². The molecule has 0 aliphatic carbocycles. The van der Waals surface area contributed by atoms with Gasteiger partial charge in [-0.25, -0.2) is 4.68 Å². The molecule has 3 rings (SSSR count). The van der Waals surface area contributed by atoms with Crippen LogP contribution in [0.4, 0.5) is 0 Å². The summed E-state index contributed by atoms with van der Waals surface area (Å²) < 4.78 is 7.45. The number of halogens is 1. The number of rotatable bonds is 7. The van der Waals surface area contributed by atoms with Crippen LogP contribution in [0.15, 0.2) is 24.3 Å². The lowest BCUT2D eigenvalue weighted by molar-refractivity contribution is 0.0780. The summed E-state index contributed by atoms with van der Waals surface area (Å²) in [5.74, 6) is 1.31. The van der Waals surface area contributed by atoms with Crippen molar-refractivity contribution in [3.05, 3.63) is 35.7 Å². The van der Waals surface area contributed by atoms with Gasteiger partial charge in [0.15, 0.2) is 5.69 Å². The van der Waals surface area contributed by atoms with Crippen molar-refractivity contribution >= 4 is 18.3 Å². The zero-order valence-corrected chi connectivity index (χ0v) is 17.8. The Bertz CT molecular complexity index is 775. The fraction of sp³-hybridized carbons (Fsp3) is 0.550. The lowest BCUT2D eigenvalue weighted by atomic mass is 10.1. The molecule has 0 radical (unpaired) electrons. The second-order valence-electron chi connectivity index (χ2n) is 7.27. The minimum absolute atomic E-state index is 0. The Morgan fingerprint density at radius 2 is 2.04 bits per heavy atom. The first-order valence-corrected chi connectivity index (χ1v) is 9.69. The third-order valence-electron chi connectivity index (χ3n) is 4.82. The zero-order valence-electron chi connectivity index (χ0n) is 17.0. The number of benzene rings is 1. The maximum absolute atomic E-state index is 13.0. The minimum atomic E-state index is -0.0172. The molecule has 1 atom stereocenters. The number of aromatic nitrogens is 3. The molecular formula is C20H30ClN5O2. The highest BCUT2D eigenvalue weighted by Crippen LogP contribution is 2.22. The van der Waals surface area contributed by atoms with E-state index in [4.69, 9.17) is 4.74 Å². The van der Waals surface area contributed by atoms with Crippen LogP contribution in [0.1, 0.15) is 43.4 Å². The molecule has 1 amide bonds. The second kappa shape index (κ2) is 9.89.